The largest absolute Gasteiger partial charge is 0.488 e. The summed E-state index contributed by atoms with van der Waals surface area (Å²) in [6.45, 7) is 7.59. The monoisotopic (exact) mass is 460 g/mol. The van der Waals surface area contributed by atoms with E-state index in [1.54, 1.807) is 6.33 Å². The summed E-state index contributed by atoms with van der Waals surface area (Å²) in [5, 5.41) is 8.86. The Balaban J connectivity index is 1.19. The Hall–Kier alpha value is -2.67. The van der Waals surface area contributed by atoms with E-state index < -0.39 is 0 Å². The van der Waals surface area contributed by atoms with Crippen molar-refractivity contribution < 1.29 is 4.74 Å². The van der Waals surface area contributed by atoms with Gasteiger partial charge in [-0.1, -0.05) is 12.8 Å². The smallest absolute Gasteiger partial charge is 0.132 e. The van der Waals surface area contributed by atoms with Crippen molar-refractivity contribution in [1.29, 1.82) is 5.41 Å². The van der Waals surface area contributed by atoms with Crippen molar-refractivity contribution in [3.05, 3.63) is 41.9 Å². The number of hydrogen-bond donors (Lipinski definition) is 2. The Bertz CT molecular complexity index is 1100. The van der Waals surface area contributed by atoms with Crippen LogP contribution in [0.5, 0.6) is 5.75 Å². The minimum absolute atomic E-state index is 0.0747. The van der Waals surface area contributed by atoms with E-state index in [4.69, 9.17) is 15.9 Å². The zero-order valence-corrected chi connectivity index (χ0v) is 20.4. The quantitative estimate of drug-likeness (QED) is 0.452. The second-order valence-electron chi connectivity index (χ2n) is 11.3. The molecule has 1 spiro atoms. The third-order valence-electron chi connectivity index (χ3n) is 8.28. The van der Waals surface area contributed by atoms with Crippen molar-refractivity contribution in [3.63, 3.8) is 0 Å². The molecule has 7 heteroatoms. The van der Waals surface area contributed by atoms with Crippen LogP contribution in [0.1, 0.15) is 70.1 Å². The molecule has 3 saturated carbocycles. The summed E-state index contributed by atoms with van der Waals surface area (Å²) >= 11 is 0. The highest BCUT2D eigenvalue weighted by Crippen LogP contribution is 2.47. The molecule has 1 atom stereocenters. The van der Waals surface area contributed by atoms with E-state index in [1.807, 2.05) is 24.3 Å². The van der Waals surface area contributed by atoms with Crippen molar-refractivity contribution in [3.8, 4) is 5.75 Å². The lowest BCUT2D eigenvalue weighted by molar-refractivity contribution is 0.101. The van der Waals surface area contributed by atoms with Gasteiger partial charge in [0, 0.05) is 48.5 Å². The summed E-state index contributed by atoms with van der Waals surface area (Å²) in [4.78, 5) is 14.2. The van der Waals surface area contributed by atoms with Gasteiger partial charge in [0.15, 0.2) is 0 Å². The molecular formula is C27H36N6O. The SMILES string of the molecule is CC(CC1CC1)N1CCN(c2cc(C(=N)c3cc(OC4(C)CC4)ccc3N)ncn2)CC12CC2. The first-order chi connectivity index (χ1) is 16.3. The lowest BCUT2D eigenvalue weighted by Gasteiger charge is -2.45. The van der Waals surface area contributed by atoms with Gasteiger partial charge < -0.3 is 15.4 Å². The summed E-state index contributed by atoms with van der Waals surface area (Å²) in [6, 6.07) is 8.21. The highest BCUT2D eigenvalue weighted by atomic mass is 16.5. The summed E-state index contributed by atoms with van der Waals surface area (Å²) in [5.41, 5.74) is 8.62. The number of hydrogen-bond acceptors (Lipinski definition) is 7. The average molecular weight is 461 g/mol. The van der Waals surface area contributed by atoms with E-state index in [0.29, 0.717) is 34.2 Å². The third-order valence-corrected chi connectivity index (χ3v) is 8.28. The maximum atomic E-state index is 8.86. The van der Waals surface area contributed by atoms with Gasteiger partial charge >= 0.3 is 0 Å². The molecule has 4 aliphatic rings. The Kier molecular flexibility index (Phi) is 5.10. The number of nitrogens with zero attached hydrogens (tertiary/aromatic N) is 4. The molecule has 1 aromatic carbocycles. The average Bonchev–Trinajstić information content (AvgIpc) is 3.74. The second kappa shape index (κ2) is 7.94. The maximum absolute atomic E-state index is 8.86. The van der Waals surface area contributed by atoms with Gasteiger partial charge in [-0.2, -0.15) is 0 Å². The fraction of sp³-hybridized carbons (Fsp3) is 0.593. The number of nitrogen functional groups attached to an aromatic ring is 1. The van der Waals surface area contributed by atoms with Crippen LogP contribution < -0.4 is 15.4 Å². The molecule has 1 saturated heterocycles. The molecule has 0 radical (unpaired) electrons. The number of anilines is 2. The molecule has 2 aromatic rings. The van der Waals surface area contributed by atoms with Crippen molar-refractivity contribution in [1.82, 2.24) is 14.9 Å². The number of rotatable bonds is 8. The van der Waals surface area contributed by atoms with Crippen LogP contribution in [0, 0.1) is 11.3 Å². The van der Waals surface area contributed by atoms with Gasteiger partial charge in [0.05, 0.1) is 11.4 Å². The van der Waals surface area contributed by atoms with Gasteiger partial charge in [-0.25, -0.2) is 9.97 Å². The number of nitrogens with two attached hydrogens (primary N) is 1. The molecule has 0 amide bonds. The Labute approximate surface area is 202 Å². The molecule has 1 aromatic heterocycles. The van der Waals surface area contributed by atoms with Crippen LogP contribution in [0.4, 0.5) is 11.5 Å². The van der Waals surface area contributed by atoms with E-state index in [2.05, 4.69) is 33.6 Å². The first kappa shape index (κ1) is 21.8. The Morgan fingerprint density at radius 2 is 1.97 bits per heavy atom. The molecule has 1 unspecified atom stereocenters. The van der Waals surface area contributed by atoms with E-state index in [1.165, 1.54) is 32.1 Å². The molecule has 1 aliphatic heterocycles. The van der Waals surface area contributed by atoms with Gasteiger partial charge in [-0.15, -0.1) is 0 Å². The van der Waals surface area contributed by atoms with Crippen molar-refractivity contribution in [2.24, 2.45) is 5.92 Å². The van der Waals surface area contributed by atoms with Gasteiger partial charge in [0.2, 0.25) is 0 Å². The zero-order chi connectivity index (χ0) is 23.5. The fourth-order valence-corrected chi connectivity index (χ4v) is 5.60. The van der Waals surface area contributed by atoms with Crippen LogP contribution in [-0.2, 0) is 0 Å². The van der Waals surface area contributed by atoms with Gasteiger partial charge in [0.1, 0.15) is 23.5 Å². The normalized spacial score (nSPS) is 23.5. The molecule has 0 bridgehead atoms. The first-order valence-electron chi connectivity index (χ1n) is 12.9. The van der Waals surface area contributed by atoms with Crippen LogP contribution >= 0.6 is 0 Å². The van der Waals surface area contributed by atoms with Crippen LogP contribution in [0.15, 0.2) is 30.6 Å². The Morgan fingerprint density at radius 1 is 1.18 bits per heavy atom. The Morgan fingerprint density at radius 3 is 2.68 bits per heavy atom. The lowest BCUT2D eigenvalue weighted by Crippen LogP contribution is -2.58. The predicted molar refractivity (Wildman–Crippen MR) is 135 cm³/mol. The zero-order valence-electron chi connectivity index (χ0n) is 20.4. The van der Waals surface area contributed by atoms with Crippen LogP contribution in [-0.4, -0.2) is 57.4 Å². The number of ether oxygens (including phenoxy) is 1. The van der Waals surface area contributed by atoms with Gasteiger partial charge in [-0.3, -0.25) is 10.3 Å². The van der Waals surface area contributed by atoms with Crippen LogP contribution in [0.25, 0.3) is 0 Å². The van der Waals surface area contributed by atoms with Crippen molar-refractivity contribution in [2.75, 3.05) is 30.3 Å². The molecule has 7 nitrogen and oxygen atoms in total. The summed E-state index contributed by atoms with van der Waals surface area (Å²) in [7, 11) is 0. The molecule has 180 valence electrons. The number of piperazine rings is 1. The number of benzene rings is 1. The summed E-state index contributed by atoms with van der Waals surface area (Å²) in [5.74, 6) is 2.63. The number of nitrogens with one attached hydrogen (secondary N) is 1. The molecular weight excluding hydrogens is 424 g/mol. The fourth-order valence-electron chi connectivity index (χ4n) is 5.60. The molecule has 6 rings (SSSR count). The topological polar surface area (TPSA) is 91.4 Å². The van der Waals surface area contributed by atoms with Crippen molar-refractivity contribution >= 4 is 17.2 Å². The minimum atomic E-state index is -0.0747. The molecule has 34 heavy (non-hydrogen) atoms. The lowest BCUT2D eigenvalue weighted by atomic mass is 10.0. The highest BCUT2D eigenvalue weighted by molar-refractivity contribution is 6.13. The van der Waals surface area contributed by atoms with E-state index in [-0.39, 0.29) is 5.60 Å². The van der Waals surface area contributed by atoms with E-state index >= 15 is 0 Å². The summed E-state index contributed by atoms with van der Waals surface area (Å²) < 4.78 is 6.10. The maximum Gasteiger partial charge on any atom is 0.132 e. The third kappa shape index (κ3) is 4.26. The van der Waals surface area contributed by atoms with E-state index in [9.17, 15) is 0 Å². The van der Waals surface area contributed by atoms with Gasteiger partial charge in [0.25, 0.3) is 0 Å². The van der Waals surface area contributed by atoms with Crippen LogP contribution in [0.2, 0.25) is 0 Å². The molecule has 4 fully saturated rings. The predicted octanol–water partition coefficient (Wildman–Crippen LogP) is 4.25. The second-order valence-corrected chi connectivity index (χ2v) is 11.3. The first-order valence-corrected chi connectivity index (χ1v) is 12.9. The summed E-state index contributed by atoms with van der Waals surface area (Å²) in [6.07, 6.45) is 10.4. The van der Waals surface area contributed by atoms with Crippen LogP contribution in [0.3, 0.4) is 0 Å². The standard InChI is InChI=1S/C27H36N6O/c1-18(13-19-3-4-19)33-12-11-32(16-27(33)9-10-27)24-15-23(30-17-31-24)25(29)21-14-20(5-6-22(21)28)34-26(2)7-8-26/h5-6,14-15,17-19,29H,3-4,7-13,16,28H2,1-2H3. The molecule has 2 heterocycles. The number of aromatic nitrogens is 2. The minimum Gasteiger partial charge on any atom is -0.488 e. The van der Waals surface area contributed by atoms with Gasteiger partial charge in [-0.05, 0) is 70.1 Å². The molecule has 3 N–H and O–H groups in total. The van der Waals surface area contributed by atoms with E-state index in [0.717, 1.165) is 50.0 Å². The molecule has 3 aliphatic carbocycles. The highest BCUT2D eigenvalue weighted by Gasteiger charge is 2.53. The van der Waals surface area contributed by atoms with Crippen molar-refractivity contribution in [2.45, 2.75) is 76.0 Å².